The zero-order chi connectivity index (χ0) is 18.2. The van der Waals surface area contributed by atoms with E-state index in [4.69, 9.17) is 0 Å². The van der Waals surface area contributed by atoms with E-state index in [0.717, 1.165) is 56.5 Å². The molecule has 0 spiro atoms. The number of hydrogen-bond donors (Lipinski definition) is 2. The summed E-state index contributed by atoms with van der Waals surface area (Å²) in [6, 6.07) is 8.78. The van der Waals surface area contributed by atoms with Crippen molar-refractivity contribution in [1.29, 1.82) is 0 Å². The Morgan fingerprint density at radius 1 is 1.22 bits per heavy atom. The van der Waals surface area contributed by atoms with E-state index < -0.39 is 0 Å². The first kappa shape index (κ1) is 22.1. The number of aromatic nitrogens is 1. The van der Waals surface area contributed by atoms with Gasteiger partial charge in [0.05, 0.1) is 6.54 Å². The molecular formula is C20H30IN5S. The molecule has 0 atom stereocenters. The number of thiazole rings is 1. The lowest BCUT2D eigenvalue weighted by Crippen LogP contribution is -2.42. The molecule has 1 aromatic heterocycles. The van der Waals surface area contributed by atoms with Gasteiger partial charge in [0.25, 0.3) is 0 Å². The van der Waals surface area contributed by atoms with E-state index >= 15 is 0 Å². The highest BCUT2D eigenvalue weighted by Gasteiger charge is 2.15. The van der Waals surface area contributed by atoms with Crippen LogP contribution in [0.15, 0.2) is 35.5 Å². The van der Waals surface area contributed by atoms with Crippen molar-refractivity contribution in [3.05, 3.63) is 51.5 Å². The van der Waals surface area contributed by atoms with Gasteiger partial charge in [0.15, 0.2) is 5.96 Å². The maximum absolute atomic E-state index is 4.67. The molecule has 2 aromatic rings. The molecule has 148 valence electrons. The van der Waals surface area contributed by atoms with Crippen molar-refractivity contribution in [2.24, 2.45) is 4.99 Å². The van der Waals surface area contributed by atoms with Crippen molar-refractivity contribution >= 4 is 41.3 Å². The first-order valence-electron chi connectivity index (χ1n) is 9.53. The van der Waals surface area contributed by atoms with Gasteiger partial charge in [-0.15, -0.1) is 35.3 Å². The number of aliphatic imine (C=N–C) groups is 1. The predicted molar refractivity (Wildman–Crippen MR) is 125 cm³/mol. The minimum atomic E-state index is 0. The first-order chi connectivity index (χ1) is 12.8. The van der Waals surface area contributed by atoms with Crippen molar-refractivity contribution in [3.8, 4) is 0 Å². The monoisotopic (exact) mass is 499 g/mol. The van der Waals surface area contributed by atoms with E-state index in [2.05, 4.69) is 63.6 Å². The molecule has 0 unspecified atom stereocenters. The molecule has 0 radical (unpaired) electrons. The van der Waals surface area contributed by atoms with E-state index in [1.54, 1.807) is 11.3 Å². The third kappa shape index (κ3) is 6.73. The SMILES string of the molecule is CCNC(=NCc1ncc(CC)s1)NCCN1CCc2ccccc2C1.I. The smallest absolute Gasteiger partial charge is 0.191 e. The van der Waals surface area contributed by atoms with Gasteiger partial charge in [-0.25, -0.2) is 9.98 Å². The molecule has 0 fully saturated rings. The Morgan fingerprint density at radius 2 is 2.04 bits per heavy atom. The molecule has 1 aliphatic heterocycles. The van der Waals surface area contributed by atoms with Gasteiger partial charge in [-0.05, 0) is 30.9 Å². The standard InChI is InChI=1S/C20H29N5S.HI/c1-3-18-13-23-19(26-18)14-24-20(21-4-2)22-10-12-25-11-9-16-7-5-6-8-17(16)15-25;/h5-8,13H,3-4,9-12,14-15H2,1-2H3,(H2,21,22,24);1H. The highest BCUT2D eigenvalue weighted by atomic mass is 127. The van der Waals surface area contributed by atoms with E-state index in [1.165, 1.54) is 16.0 Å². The second-order valence-electron chi connectivity index (χ2n) is 6.49. The molecule has 1 aliphatic rings. The van der Waals surface area contributed by atoms with Crippen LogP contribution in [0.1, 0.15) is 34.9 Å². The lowest BCUT2D eigenvalue weighted by atomic mass is 10.00. The Bertz CT molecular complexity index is 731. The highest BCUT2D eigenvalue weighted by Crippen LogP contribution is 2.17. The summed E-state index contributed by atoms with van der Waals surface area (Å²) in [4.78, 5) is 12.9. The molecule has 5 nitrogen and oxygen atoms in total. The number of halogens is 1. The maximum Gasteiger partial charge on any atom is 0.191 e. The average Bonchev–Trinajstić information content (AvgIpc) is 3.14. The molecule has 1 aromatic carbocycles. The quantitative estimate of drug-likeness (QED) is 0.348. The van der Waals surface area contributed by atoms with Gasteiger partial charge in [-0.2, -0.15) is 0 Å². The van der Waals surface area contributed by atoms with Crippen LogP contribution in [0.25, 0.3) is 0 Å². The Morgan fingerprint density at radius 3 is 2.78 bits per heavy atom. The van der Waals surface area contributed by atoms with Crippen molar-refractivity contribution in [3.63, 3.8) is 0 Å². The average molecular weight is 499 g/mol. The Kier molecular flexibility index (Phi) is 9.50. The van der Waals surface area contributed by atoms with E-state index in [0.29, 0.717) is 6.54 Å². The van der Waals surface area contributed by atoms with Crippen LogP contribution in [-0.4, -0.2) is 42.0 Å². The van der Waals surface area contributed by atoms with Gasteiger partial charge >= 0.3 is 0 Å². The first-order valence-corrected chi connectivity index (χ1v) is 10.3. The minimum absolute atomic E-state index is 0. The second-order valence-corrected chi connectivity index (χ2v) is 7.69. The molecule has 2 N–H and O–H groups in total. The fourth-order valence-electron chi connectivity index (χ4n) is 3.15. The predicted octanol–water partition coefficient (Wildman–Crippen LogP) is 3.44. The van der Waals surface area contributed by atoms with Crippen LogP contribution >= 0.6 is 35.3 Å². The second kappa shape index (κ2) is 11.6. The van der Waals surface area contributed by atoms with Crippen LogP contribution in [-0.2, 0) is 25.9 Å². The molecule has 0 bridgehead atoms. The maximum atomic E-state index is 4.67. The largest absolute Gasteiger partial charge is 0.357 e. The molecule has 0 saturated carbocycles. The van der Waals surface area contributed by atoms with Crippen LogP contribution in [0.3, 0.4) is 0 Å². The summed E-state index contributed by atoms with van der Waals surface area (Å²) in [7, 11) is 0. The molecule has 0 aliphatic carbocycles. The molecule has 2 heterocycles. The molecule has 0 saturated heterocycles. The summed E-state index contributed by atoms with van der Waals surface area (Å²) >= 11 is 1.75. The number of nitrogens with zero attached hydrogens (tertiary/aromatic N) is 3. The summed E-state index contributed by atoms with van der Waals surface area (Å²) < 4.78 is 0. The highest BCUT2D eigenvalue weighted by molar-refractivity contribution is 14.0. The fraction of sp³-hybridized carbons (Fsp3) is 0.500. The van der Waals surface area contributed by atoms with Crippen LogP contribution in [0, 0.1) is 0 Å². The molecule has 27 heavy (non-hydrogen) atoms. The number of nitrogens with one attached hydrogen (secondary N) is 2. The Labute approximate surface area is 183 Å². The third-order valence-electron chi connectivity index (χ3n) is 4.60. The van der Waals surface area contributed by atoms with Gasteiger partial charge in [0.2, 0.25) is 0 Å². The van der Waals surface area contributed by atoms with Gasteiger partial charge in [0, 0.05) is 43.8 Å². The summed E-state index contributed by atoms with van der Waals surface area (Å²) in [6.07, 6.45) is 4.15. The summed E-state index contributed by atoms with van der Waals surface area (Å²) in [6.45, 7) is 9.85. The molecule has 0 amide bonds. The van der Waals surface area contributed by atoms with E-state index in [1.807, 2.05) is 6.20 Å². The molecular weight excluding hydrogens is 469 g/mol. The molecule has 7 heteroatoms. The van der Waals surface area contributed by atoms with E-state index in [9.17, 15) is 0 Å². The number of aryl methyl sites for hydroxylation is 1. The summed E-state index contributed by atoms with van der Waals surface area (Å²) in [5.41, 5.74) is 2.97. The lowest BCUT2D eigenvalue weighted by Gasteiger charge is -2.28. The van der Waals surface area contributed by atoms with Crippen molar-refractivity contribution < 1.29 is 0 Å². The number of hydrogen-bond acceptors (Lipinski definition) is 4. The van der Waals surface area contributed by atoms with Crippen LogP contribution in [0.2, 0.25) is 0 Å². The van der Waals surface area contributed by atoms with Crippen molar-refractivity contribution in [1.82, 2.24) is 20.5 Å². The zero-order valence-electron chi connectivity index (χ0n) is 16.2. The number of guanidine groups is 1. The minimum Gasteiger partial charge on any atom is -0.357 e. The Hall–Kier alpha value is -1.19. The van der Waals surface area contributed by atoms with Crippen molar-refractivity contribution in [2.75, 3.05) is 26.2 Å². The summed E-state index contributed by atoms with van der Waals surface area (Å²) in [5, 5.41) is 7.86. The number of benzene rings is 1. The number of fused-ring (bicyclic) bond motifs is 1. The normalized spacial score (nSPS) is 14.4. The number of rotatable bonds is 7. The van der Waals surface area contributed by atoms with Crippen LogP contribution in [0.4, 0.5) is 0 Å². The van der Waals surface area contributed by atoms with Gasteiger partial charge in [0.1, 0.15) is 5.01 Å². The van der Waals surface area contributed by atoms with Gasteiger partial charge in [-0.1, -0.05) is 31.2 Å². The van der Waals surface area contributed by atoms with Crippen LogP contribution in [0.5, 0.6) is 0 Å². The third-order valence-corrected chi connectivity index (χ3v) is 5.72. The van der Waals surface area contributed by atoms with Crippen molar-refractivity contribution in [2.45, 2.75) is 39.8 Å². The zero-order valence-corrected chi connectivity index (χ0v) is 19.3. The fourth-order valence-corrected chi connectivity index (χ4v) is 3.94. The van der Waals surface area contributed by atoms with Crippen LogP contribution < -0.4 is 10.6 Å². The lowest BCUT2D eigenvalue weighted by molar-refractivity contribution is 0.258. The van der Waals surface area contributed by atoms with E-state index in [-0.39, 0.29) is 24.0 Å². The summed E-state index contributed by atoms with van der Waals surface area (Å²) in [5.74, 6) is 0.873. The van der Waals surface area contributed by atoms with Gasteiger partial charge in [-0.3, -0.25) is 4.90 Å². The topological polar surface area (TPSA) is 52.6 Å². The van der Waals surface area contributed by atoms with Gasteiger partial charge < -0.3 is 10.6 Å². The molecule has 3 rings (SSSR count). The Balaban J connectivity index is 0.00000261.